The maximum absolute atomic E-state index is 6.30. The first-order chi connectivity index (χ1) is 10.2. The van der Waals surface area contributed by atoms with Crippen molar-refractivity contribution in [3.8, 4) is 0 Å². The summed E-state index contributed by atoms with van der Waals surface area (Å²) in [5, 5.41) is 0. The summed E-state index contributed by atoms with van der Waals surface area (Å²) in [6.07, 6.45) is 4.72. The van der Waals surface area contributed by atoms with Gasteiger partial charge in [-0.25, -0.2) is 0 Å². The van der Waals surface area contributed by atoms with Crippen LogP contribution in [0, 0.1) is 13.8 Å². The van der Waals surface area contributed by atoms with Crippen LogP contribution in [0.25, 0.3) is 0 Å². The normalized spacial score (nSPS) is 21.1. The summed E-state index contributed by atoms with van der Waals surface area (Å²) in [4.78, 5) is 0. The molecule has 110 valence electrons. The van der Waals surface area contributed by atoms with Crippen LogP contribution in [0.15, 0.2) is 42.5 Å². The van der Waals surface area contributed by atoms with Crippen LogP contribution in [0.4, 0.5) is 0 Å². The molecule has 0 amide bonds. The summed E-state index contributed by atoms with van der Waals surface area (Å²) in [7, 11) is 0. The molecule has 2 N–H and O–H groups in total. The zero-order valence-electron chi connectivity index (χ0n) is 13.2. The van der Waals surface area contributed by atoms with E-state index in [1.807, 2.05) is 0 Å². The number of benzene rings is 2. The minimum Gasteiger partial charge on any atom is -0.330 e. The number of hydrogen-bond donors (Lipinski definition) is 1. The molecule has 1 nitrogen and oxygen atoms in total. The zero-order valence-corrected chi connectivity index (χ0v) is 13.2. The van der Waals surface area contributed by atoms with E-state index in [9.17, 15) is 0 Å². The third-order valence-corrected chi connectivity index (χ3v) is 5.24. The van der Waals surface area contributed by atoms with Crippen molar-refractivity contribution in [2.45, 2.75) is 44.9 Å². The van der Waals surface area contributed by atoms with Gasteiger partial charge in [0.25, 0.3) is 0 Å². The van der Waals surface area contributed by atoms with Crippen LogP contribution >= 0.6 is 0 Å². The van der Waals surface area contributed by atoms with Crippen LogP contribution in [-0.2, 0) is 18.3 Å². The standard InChI is InChI=1S/C20H25N/c1-15-7-5-8-16(2)18(15)13-20(14-21)12-6-10-17-9-3-4-11-19(17)20/h3-5,7-9,11H,6,10,12-14,21H2,1-2H3. The third-order valence-electron chi connectivity index (χ3n) is 5.24. The van der Waals surface area contributed by atoms with E-state index in [-0.39, 0.29) is 5.41 Å². The predicted octanol–water partition coefficient (Wildman–Crippen LogP) is 4.08. The van der Waals surface area contributed by atoms with Crippen LogP contribution in [-0.4, -0.2) is 6.54 Å². The minimum absolute atomic E-state index is 0.117. The molecule has 0 heterocycles. The first-order valence-electron chi connectivity index (χ1n) is 8.00. The number of rotatable bonds is 3. The quantitative estimate of drug-likeness (QED) is 0.900. The molecule has 0 saturated carbocycles. The summed E-state index contributed by atoms with van der Waals surface area (Å²) >= 11 is 0. The Hall–Kier alpha value is -1.60. The Balaban J connectivity index is 2.07. The molecule has 2 aromatic carbocycles. The number of fused-ring (bicyclic) bond motifs is 1. The Morgan fingerprint density at radius 1 is 1.00 bits per heavy atom. The van der Waals surface area contributed by atoms with Gasteiger partial charge in [0.15, 0.2) is 0 Å². The first-order valence-corrected chi connectivity index (χ1v) is 8.00. The Morgan fingerprint density at radius 3 is 2.43 bits per heavy atom. The van der Waals surface area contributed by atoms with Crippen molar-refractivity contribution >= 4 is 0 Å². The molecule has 0 spiro atoms. The van der Waals surface area contributed by atoms with Crippen LogP contribution in [0.5, 0.6) is 0 Å². The van der Waals surface area contributed by atoms with E-state index in [1.54, 1.807) is 0 Å². The maximum Gasteiger partial charge on any atom is 0.0119 e. The number of aryl methyl sites for hydroxylation is 3. The lowest BCUT2D eigenvalue weighted by atomic mass is 9.66. The Morgan fingerprint density at radius 2 is 1.71 bits per heavy atom. The summed E-state index contributed by atoms with van der Waals surface area (Å²) < 4.78 is 0. The minimum atomic E-state index is 0.117. The van der Waals surface area contributed by atoms with E-state index in [1.165, 1.54) is 47.1 Å². The van der Waals surface area contributed by atoms with Crippen LogP contribution < -0.4 is 5.73 Å². The van der Waals surface area contributed by atoms with Crippen molar-refractivity contribution < 1.29 is 0 Å². The topological polar surface area (TPSA) is 26.0 Å². The van der Waals surface area contributed by atoms with Crippen LogP contribution in [0.3, 0.4) is 0 Å². The molecule has 0 aromatic heterocycles. The fourth-order valence-corrected chi connectivity index (χ4v) is 3.94. The molecule has 21 heavy (non-hydrogen) atoms. The van der Waals surface area contributed by atoms with Gasteiger partial charge >= 0.3 is 0 Å². The first kappa shape index (κ1) is 14.3. The van der Waals surface area contributed by atoms with Gasteiger partial charge in [0.1, 0.15) is 0 Å². The average molecular weight is 279 g/mol. The van der Waals surface area contributed by atoms with E-state index in [2.05, 4.69) is 56.3 Å². The summed E-state index contributed by atoms with van der Waals surface area (Å²) in [5.41, 5.74) is 13.7. The van der Waals surface area contributed by atoms with Crippen molar-refractivity contribution in [2.75, 3.05) is 6.54 Å². The van der Waals surface area contributed by atoms with Crippen molar-refractivity contribution in [2.24, 2.45) is 5.73 Å². The van der Waals surface area contributed by atoms with E-state index < -0.39 is 0 Å². The largest absolute Gasteiger partial charge is 0.330 e. The van der Waals surface area contributed by atoms with Crippen LogP contribution in [0.1, 0.15) is 40.7 Å². The predicted molar refractivity (Wildman–Crippen MR) is 89.7 cm³/mol. The summed E-state index contributed by atoms with van der Waals surface area (Å²) in [6.45, 7) is 5.18. The molecule has 0 radical (unpaired) electrons. The molecule has 1 aliphatic rings. The molecule has 1 unspecified atom stereocenters. The fourth-order valence-electron chi connectivity index (χ4n) is 3.94. The molecule has 0 fully saturated rings. The zero-order chi connectivity index (χ0) is 14.9. The second-order valence-corrected chi connectivity index (χ2v) is 6.54. The highest BCUT2D eigenvalue weighted by Gasteiger charge is 2.35. The fraction of sp³-hybridized carbons (Fsp3) is 0.400. The van der Waals surface area contributed by atoms with Crippen molar-refractivity contribution in [1.29, 1.82) is 0 Å². The summed E-state index contributed by atoms with van der Waals surface area (Å²) in [6, 6.07) is 15.5. The Bertz CT molecular complexity index is 624. The molecule has 0 bridgehead atoms. The highest BCUT2D eigenvalue weighted by atomic mass is 14.6. The van der Waals surface area contributed by atoms with Gasteiger partial charge in [0.2, 0.25) is 0 Å². The highest BCUT2D eigenvalue weighted by molar-refractivity contribution is 5.42. The van der Waals surface area contributed by atoms with E-state index in [0.717, 1.165) is 13.0 Å². The van der Waals surface area contributed by atoms with Gasteiger partial charge in [0.05, 0.1) is 0 Å². The number of hydrogen-bond acceptors (Lipinski definition) is 1. The molecule has 1 atom stereocenters. The highest BCUT2D eigenvalue weighted by Crippen LogP contribution is 2.40. The van der Waals surface area contributed by atoms with E-state index >= 15 is 0 Å². The molecular weight excluding hydrogens is 254 g/mol. The molecule has 2 aromatic rings. The summed E-state index contributed by atoms with van der Waals surface area (Å²) in [5.74, 6) is 0. The van der Waals surface area contributed by atoms with E-state index in [0.29, 0.717) is 0 Å². The van der Waals surface area contributed by atoms with Crippen molar-refractivity contribution in [3.63, 3.8) is 0 Å². The monoisotopic (exact) mass is 279 g/mol. The lowest BCUT2D eigenvalue weighted by Gasteiger charge is -2.39. The lowest BCUT2D eigenvalue weighted by molar-refractivity contribution is 0.364. The van der Waals surface area contributed by atoms with Crippen molar-refractivity contribution in [3.05, 3.63) is 70.3 Å². The Kier molecular flexibility index (Phi) is 3.86. The van der Waals surface area contributed by atoms with Gasteiger partial charge in [-0.15, -0.1) is 0 Å². The van der Waals surface area contributed by atoms with Gasteiger partial charge in [-0.3, -0.25) is 0 Å². The van der Waals surface area contributed by atoms with Gasteiger partial charge < -0.3 is 5.73 Å². The van der Waals surface area contributed by atoms with Crippen molar-refractivity contribution in [1.82, 2.24) is 0 Å². The van der Waals surface area contributed by atoms with E-state index in [4.69, 9.17) is 5.73 Å². The molecule has 3 rings (SSSR count). The van der Waals surface area contributed by atoms with Gasteiger partial charge in [-0.05, 0) is 67.3 Å². The molecule has 1 aliphatic carbocycles. The second-order valence-electron chi connectivity index (χ2n) is 6.54. The average Bonchev–Trinajstić information content (AvgIpc) is 2.51. The van der Waals surface area contributed by atoms with Crippen LogP contribution in [0.2, 0.25) is 0 Å². The number of nitrogens with two attached hydrogens (primary N) is 1. The smallest absolute Gasteiger partial charge is 0.0119 e. The van der Waals surface area contributed by atoms with Gasteiger partial charge in [0, 0.05) is 12.0 Å². The third kappa shape index (κ3) is 2.51. The Labute approximate surface area is 128 Å². The second kappa shape index (κ2) is 5.65. The lowest BCUT2D eigenvalue weighted by Crippen LogP contribution is -2.40. The SMILES string of the molecule is Cc1cccc(C)c1CC1(CN)CCCc2ccccc21. The molecule has 0 saturated heterocycles. The van der Waals surface area contributed by atoms with Gasteiger partial charge in [-0.1, -0.05) is 42.5 Å². The maximum atomic E-state index is 6.30. The van der Waals surface area contributed by atoms with Gasteiger partial charge in [-0.2, -0.15) is 0 Å². The molecule has 0 aliphatic heterocycles. The molecular formula is C20H25N. The molecule has 1 heteroatoms.